The van der Waals surface area contributed by atoms with Crippen LogP contribution in [0.15, 0.2) is 51.7 Å². The molecule has 172 valence electrons. The Labute approximate surface area is 191 Å². The summed E-state index contributed by atoms with van der Waals surface area (Å²) in [6.07, 6.45) is 1.77. The average molecular weight is 450 g/mol. The first kappa shape index (κ1) is 21.5. The molecule has 2 aromatic carbocycles. The standard InChI is InChI=1S/C26H27NO6/c1-3-30-20-12-11-16(14-21(20)31-4-2)23-22-24(28)18-9-5-6-10-19(18)33-25(22)26(29)27(23)15-17-8-7-13-32-17/h5-6,9-12,14,17,23H,3-4,7-8,13,15H2,1-2H3/t17-,23-/m0/s1. The van der Waals surface area contributed by atoms with Crippen molar-refractivity contribution < 1.29 is 23.4 Å². The van der Waals surface area contributed by atoms with Crippen LogP contribution in [0.25, 0.3) is 11.0 Å². The Bertz CT molecular complexity index is 1240. The summed E-state index contributed by atoms with van der Waals surface area (Å²) in [5.74, 6) is 1.03. The van der Waals surface area contributed by atoms with E-state index in [1.165, 1.54) is 0 Å². The maximum absolute atomic E-state index is 13.6. The van der Waals surface area contributed by atoms with Gasteiger partial charge in [0.05, 0.1) is 36.3 Å². The van der Waals surface area contributed by atoms with E-state index in [1.807, 2.05) is 32.0 Å². The van der Waals surface area contributed by atoms with Gasteiger partial charge in [0.15, 0.2) is 16.9 Å². The molecule has 2 atom stereocenters. The normalized spacial score (nSPS) is 19.8. The van der Waals surface area contributed by atoms with Gasteiger partial charge in [-0.1, -0.05) is 18.2 Å². The van der Waals surface area contributed by atoms with Gasteiger partial charge in [0.2, 0.25) is 5.76 Å². The van der Waals surface area contributed by atoms with Crippen LogP contribution in [0.2, 0.25) is 0 Å². The van der Waals surface area contributed by atoms with Crippen LogP contribution in [-0.2, 0) is 4.74 Å². The minimum Gasteiger partial charge on any atom is -0.490 e. The molecule has 1 fully saturated rings. The lowest BCUT2D eigenvalue weighted by atomic mass is 9.97. The Hall–Kier alpha value is -3.32. The molecule has 7 nitrogen and oxygen atoms in total. The molecule has 7 heteroatoms. The van der Waals surface area contributed by atoms with Gasteiger partial charge in [0.25, 0.3) is 5.91 Å². The van der Waals surface area contributed by atoms with Crippen molar-refractivity contribution in [1.29, 1.82) is 0 Å². The molecule has 5 rings (SSSR count). The SMILES string of the molecule is CCOc1ccc([C@H]2c3c(oc4ccccc4c3=O)C(=O)N2C[C@@H]2CCCO2)cc1OCC. The van der Waals surface area contributed by atoms with E-state index >= 15 is 0 Å². The molecule has 1 amide bonds. The van der Waals surface area contributed by atoms with E-state index in [0.717, 1.165) is 18.4 Å². The Morgan fingerprint density at radius 3 is 2.58 bits per heavy atom. The first-order valence-electron chi connectivity index (χ1n) is 11.5. The maximum Gasteiger partial charge on any atom is 0.291 e. The predicted octanol–water partition coefficient (Wildman–Crippen LogP) is 4.31. The fourth-order valence-corrected chi connectivity index (χ4v) is 4.75. The Morgan fingerprint density at radius 2 is 1.82 bits per heavy atom. The molecule has 2 aliphatic heterocycles. The van der Waals surface area contributed by atoms with Crippen molar-refractivity contribution in [3.63, 3.8) is 0 Å². The zero-order valence-corrected chi connectivity index (χ0v) is 18.8. The third kappa shape index (κ3) is 3.76. The molecule has 3 aromatic rings. The fourth-order valence-electron chi connectivity index (χ4n) is 4.75. The summed E-state index contributed by atoms with van der Waals surface area (Å²) in [5.41, 5.74) is 1.36. The number of amides is 1. The number of rotatable bonds is 7. The van der Waals surface area contributed by atoms with Gasteiger partial charge < -0.3 is 23.5 Å². The summed E-state index contributed by atoms with van der Waals surface area (Å²) >= 11 is 0. The Morgan fingerprint density at radius 1 is 1.03 bits per heavy atom. The summed E-state index contributed by atoms with van der Waals surface area (Å²) in [6, 6.07) is 12.0. The molecule has 3 heterocycles. The highest BCUT2D eigenvalue weighted by Crippen LogP contribution is 2.41. The first-order chi connectivity index (χ1) is 16.1. The zero-order chi connectivity index (χ0) is 22.9. The van der Waals surface area contributed by atoms with Crippen molar-refractivity contribution in [1.82, 2.24) is 4.90 Å². The van der Waals surface area contributed by atoms with Crippen LogP contribution < -0.4 is 14.9 Å². The van der Waals surface area contributed by atoms with Crippen LogP contribution in [0.3, 0.4) is 0 Å². The highest BCUT2D eigenvalue weighted by molar-refractivity contribution is 5.99. The largest absolute Gasteiger partial charge is 0.490 e. The molecule has 33 heavy (non-hydrogen) atoms. The van der Waals surface area contributed by atoms with Crippen LogP contribution in [0.4, 0.5) is 0 Å². The molecule has 0 aliphatic carbocycles. The van der Waals surface area contributed by atoms with Gasteiger partial charge in [-0.3, -0.25) is 9.59 Å². The van der Waals surface area contributed by atoms with Crippen molar-refractivity contribution in [3.8, 4) is 11.5 Å². The Kier molecular flexibility index (Phi) is 5.81. The van der Waals surface area contributed by atoms with E-state index in [4.69, 9.17) is 18.6 Å². The maximum atomic E-state index is 13.6. The number of hydrogen-bond acceptors (Lipinski definition) is 6. The van der Waals surface area contributed by atoms with Gasteiger partial charge in [-0.15, -0.1) is 0 Å². The highest BCUT2D eigenvalue weighted by Gasteiger charge is 2.44. The van der Waals surface area contributed by atoms with Crippen LogP contribution in [-0.4, -0.2) is 43.3 Å². The first-order valence-corrected chi connectivity index (χ1v) is 11.5. The summed E-state index contributed by atoms with van der Waals surface area (Å²) < 4.78 is 23.3. The quantitative estimate of drug-likeness (QED) is 0.535. The van der Waals surface area contributed by atoms with Crippen LogP contribution >= 0.6 is 0 Å². The molecule has 1 saturated heterocycles. The second kappa shape index (κ2) is 8.90. The molecular weight excluding hydrogens is 422 g/mol. The Balaban J connectivity index is 1.67. The molecule has 0 N–H and O–H groups in total. The third-order valence-electron chi connectivity index (χ3n) is 6.18. The number of benzene rings is 2. The van der Waals surface area contributed by atoms with Gasteiger partial charge >= 0.3 is 0 Å². The van der Waals surface area contributed by atoms with Crippen molar-refractivity contribution >= 4 is 16.9 Å². The van der Waals surface area contributed by atoms with E-state index in [2.05, 4.69) is 0 Å². The van der Waals surface area contributed by atoms with Crippen LogP contribution in [0.1, 0.15) is 54.4 Å². The van der Waals surface area contributed by atoms with E-state index in [9.17, 15) is 9.59 Å². The highest BCUT2D eigenvalue weighted by atomic mass is 16.5. The van der Waals surface area contributed by atoms with E-state index in [1.54, 1.807) is 29.2 Å². The summed E-state index contributed by atoms with van der Waals surface area (Å²) in [5, 5.41) is 0.462. The van der Waals surface area contributed by atoms with Crippen molar-refractivity contribution in [2.75, 3.05) is 26.4 Å². The van der Waals surface area contributed by atoms with Crippen molar-refractivity contribution in [2.45, 2.75) is 38.8 Å². The number of nitrogens with zero attached hydrogens (tertiary/aromatic N) is 1. The van der Waals surface area contributed by atoms with E-state index < -0.39 is 6.04 Å². The zero-order valence-electron chi connectivity index (χ0n) is 18.8. The molecule has 0 radical (unpaired) electrons. The third-order valence-corrected chi connectivity index (χ3v) is 6.18. The summed E-state index contributed by atoms with van der Waals surface area (Å²) in [7, 11) is 0. The van der Waals surface area contributed by atoms with Gasteiger partial charge in [0.1, 0.15) is 5.58 Å². The van der Waals surface area contributed by atoms with Gasteiger partial charge in [-0.25, -0.2) is 0 Å². The van der Waals surface area contributed by atoms with E-state index in [-0.39, 0.29) is 23.2 Å². The molecule has 0 saturated carbocycles. The van der Waals surface area contributed by atoms with Gasteiger partial charge in [-0.2, -0.15) is 0 Å². The summed E-state index contributed by atoms with van der Waals surface area (Å²) in [4.78, 5) is 28.8. The molecule has 2 aliphatic rings. The fraction of sp³-hybridized carbons (Fsp3) is 0.385. The number of para-hydroxylation sites is 1. The molecule has 0 spiro atoms. The lowest BCUT2D eigenvalue weighted by Gasteiger charge is -2.28. The topological polar surface area (TPSA) is 78.2 Å². The monoisotopic (exact) mass is 449 g/mol. The summed E-state index contributed by atoms with van der Waals surface area (Å²) in [6.45, 7) is 5.86. The average Bonchev–Trinajstić information content (AvgIpc) is 3.43. The predicted molar refractivity (Wildman–Crippen MR) is 123 cm³/mol. The second-order valence-electron chi connectivity index (χ2n) is 8.24. The van der Waals surface area contributed by atoms with Gasteiger partial charge in [-0.05, 0) is 56.5 Å². The van der Waals surface area contributed by atoms with Crippen LogP contribution in [0, 0.1) is 0 Å². The number of carbonyl (C=O) groups is 1. The minimum absolute atomic E-state index is 0.0654. The van der Waals surface area contributed by atoms with E-state index in [0.29, 0.717) is 54.4 Å². The van der Waals surface area contributed by atoms with Gasteiger partial charge in [0, 0.05) is 13.2 Å². The number of hydrogen-bond donors (Lipinski definition) is 0. The number of carbonyl (C=O) groups excluding carboxylic acids is 1. The van der Waals surface area contributed by atoms with Crippen LogP contribution in [0.5, 0.6) is 11.5 Å². The number of ether oxygens (including phenoxy) is 3. The molecular formula is C26H27NO6. The van der Waals surface area contributed by atoms with Crippen molar-refractivity contribution in [2.24, 2.45) is 0 Å². The minimum atomic E-state index is -0.590. The lowest BCUT2D eigenvalue weighted by molar-refractivity contribution is 0.0486. The number of fused-ring (bicyclic) bond motifs is 2. The molecule has 1 aromatic heterocycles. The van der Waals surface area contributed by atoms with Crippen molar-refractivity contribution in [3.05, 3.63) is 69.6 Å². The molecule has 0 unspecified atom stereocenters. The lowest BCUT2D eigenvalue weighted by Crippen LogP contribution is -2.36. The second-order valence-corrected chi connectivity index (χ2v) is 8.24. The smallest absolute Gasteiger partial charge is 0.291 e. The molecule has 0 bridgehead atoms.